The van der Waals surface area contributed by atoms with Gasteiger partial charge in [0.2, 0.25) is 5.91 Å². The summed E-state index contributed by atoms with van der Waals surface area (Å²) in [6.07, 6.45) is 0.342. The molecule has 1 aromatic heterocycles. The van der Waals surface area contributed by atoms with Crippen LogP contribution >= 0.6 is 22.9 Å². The van der Waals surface area contributed by atoms with Crippen LogP contribution in [0.25, 0.3) is 0 Å². The van der Waals surface area contributed by atoms with Gasteiger partial charge < -0.3 is 4.90 Å². The van der Waals surface area contributed by atoms with Crippen molar-refractivity contribution in [2.24, 2.45) is 0 Å². The van der Waals surface area contributed by atoms with Crippen molar-refractivity contribution in [2.75, 3.05) is 11.4 Å². The summed E-state index contributed by atoms with van der Waals surface area (Å²) in [7, 11) is -3.79. The Hall–Kier alpha value is -1.48. The van der Waals surface area contributed by atoms with E-state index in [0.717, 1.165) is 11.3 Å². The second-order valence-electron chi connectivity index (χ2n) is 4.99. The number of nitrogens with zero attached hydrogens (tertiary/aromatic N) is 1. The standard InChI is InChI=1S/C14H12ClFN2O3S2/c15-12-5-6-13(22-12)23(20,21)17-11-7-8-18(14(11)19)10-3-1-9(16)2-4-10/h1-6,11,17H,7-8H2. The van der Waals surface area contributed by atoms with Gasteiger partial charge in [0.25, 0.3) is 10.0 Å². The number of hydrogen-bond donors (Lipinski definition) is 1. The fourth-order valence-electron chi connectivity index (χ4n) is 2.35. The first-order valence-corrected chi connectivity index (χ1v) is 9.39. The Morgan fingerprint density at radius 2 is 1.91 bits per heavy atom. The molecule has 2 heterocycles. The molecule has 1 saturated heterocycles. The van der Waals surface area contributed by atoms with E-state index in [1.165, 1.54) is 41.3 Å². The third kappa shape index (κ3) is 3.40. The van der Waals surface area contributed by atoms with E-state index in [1.54, 1.807) is 0 Å². The van der Waals surface area contributed by atoms with Gasteiger partial charge in [0, 0.05) is 12.2 Å². The van der Waals surface area contributed by atoms with E-state index in [4.69, 9.17) is 11.6 Å². The Balaban J connectivity index is 1.76. The van der Waals surface area contributed by atoms with Crippen LogP contribution in [0.4, 0.5) is 10.1 Å². The quantitative estimate of drug-likeness (QED) is 0.894. The molecule has 1 aliphatic rings. The lowest BCUT2D eigenvalue weighted by atomic mass is 10.3. The molecular formula is C14H12ClFN2O3S2. The Kier molecular flexibility index (Phi) is 4.41. The van der Waals surface area contributed by atoms with Crippen molar-refractivity contribution in [3.63, 3.8) is 0 Å². The van der Waals surface area contributed by atoms with Crippen LogP contribution in [0.3, 0.4) is 0 Å². The molecule has 1 amide bonds. The van der Waals surface area contributed by atoms with Crippen LogP contribution < -0.4 is 9.62 Å². The molecule has 1 N–H and O–H groups in total. The van der Waals surface area contributed by atoms with E-state index in [1.807, 2.05) is 0 Å². The largest absolute Gasteiger partial charge is 0.311 e. The van der Waals surface area contributed by atoms with Gasteiger partial charge in [0.1, 0.15) is 16.1 Å². The van der Waals surface area contributed by atoms with E-state index < -0.39 is 21.9 Å². The molecule has 0 spiro atoms. The summed E-state index contributed by atoms with van der Waals surface area (Å²) >= 11 is 6.67. The molecule has 2 aromatic rings. The zero-order chi connectivity index (χ0) is 16.6. The number of nitrogens with one attached hydrogen (secondary N) is 1. The highest BCUT2D eigenvalue weighted by molar-refractivity contribution is 7.91. The van der Waals surface area contributed by atoms with E-state index in [2.05, 4.69) is 4.72 Å². The lowest BCUT2D eigenvalue weighted by Gasteiger charge is -2.17. The van der Waals surface area contributed by atoms with Crippen LogP contribution in [-0.2, 0) is 14.8 Å². The minimum Gasteiger partial charge on any atom is -0.311 e. The minimum atomic E-state index is -3.79. The molecule has 0 saturated carbocycles. The zero-order valence-corrected chi connectivity index (χ0v) is 14.1. The topological polar surface area (TPSA) is 66.5 Å². The number of rotatable bonds is 4. The van der Waals surface area contributed by atoms with Crippen molar-refractivity contribution in [1.29, 1.82) is 0 Å². The molecule has 1 atom stereocenters. The third-order valence-corrected chi connectivity index (χ3v) is 6.65. The van der Waals surface area contributed by atoms with Crippen LogP contribution in [0.2, 0.25) is 4.34 Å². The maximum Gasteiger partial charge on any atom is 0.250 e. The zero-order valence-electron chi connectivity index (χ0n) is 11.7. The molecule has 0 bridgehead atoms. The van der Waals surface area contributed by atoms with Gasteiger partial charge in [0.15, 0.2) is 0 Å². The van der Waals surface area contributed by atoms with Gasteiger partial charge in [-0.05, 0) is 42.8 Å². The maximum atomic E-state index is 13.0. The molecule has 0 aliphatic carbocycles. The Bertz CT molecular complexity index is 836. The molecule has 1 unspecified atom stereocenters. The molecule has 1 fully saturated rings. The number of carbonyl (C=O) groups is 1. The summed E-state index contributed by atoms with van der Waals surface area (Å²) < 4.78 is 40.3. The Labute approximate surface area is 141 Å². The van der Waals surface area contributed by atoms with E-state index in [-0.39, 0.29) is 10.1 Å². The van der Waals surface area contributed by atoms with Crippen molar-refractivity contribution in [2.45, 2.75) is 16.7 Å². The average molecular weight is 375 g/mol. The summed E-state index contributed by atoms with van der Waals surface area (Å²) in [4.78, 5) is 13.8. The van der Waals surface area contributed by atoms with Crippen molar-refractivity contribution < 1.29 is 17.6 Å². The molecule has 3 rings (SSSR count). The van der Waals surface area contributed by atoms with E-state index >= 15 is 0 Å². The summed E-state index contributed by atoms with van der Waals surface area (Å²) in [6, 6.07) is 7.54. The predicted molar refractivity (Wildman–Crippen MR) is 86.8 cm³/mol. The molecule has 23 heavy (non-hydrogen) atoms. The van der Waals surface area contributed by atoms with E-state index in [0.29, 0.717) is 23.0 Å². The van der Waals surface area contributed by atoms with Gasteiger partial charge in [0.05, 0.1) is 4.34 Å². The average Bonchev–Trinajstić information content (AvgIpc) is 3.08. The highest BCUT2D eigenvalue weighted by Gasteiger charge is 2.36. The van der Waals surface area contributed by atoms with Crippen LogP contribution in [0, 0.1) is 5.82 Å². The van der Waals surface area contributed by atoms with Crippen LogP contribution in [0.5, 0.6) is 0 Å². The van der Waals surface area contributed by atoms with Gasteiger partial charge in [-0.1, -0.05) is 11.6 Å². The molecule has 1 aromatic carbocycles. The number of sulfonamides is 1. The van der Waals surface area contributed by atoms with Crippen LogP contribution in [0.15, 0.2) is 40.6 Å². The Morgan fingerprint density at radius 1 is 1.22 bits per heavy atom. The lowest BCUT2D eigenvalue weighted by molar-refractivity contribution is -0.118. The van der Waals surface area contributed by atoms with Crippen LogP contribution in [-0.4, -0.2) is 26.9 Å². The monoisotopic (exact) mass is 374 g/mol. The normalized spacial score (nSPS) is 18.6. The highest BCUT2D eigenvalue weighted by Crippen LogP contribution is 2.27. The smallest absolute Gasteiger partial charge is 0.250 e. The number of hydrogen-bond acceptors (Lipinski definition) is 4. The molecular weight excluding hydrogens is 363 g/mol. The summed E-state index contributed by atoms with van der Waals surface area (Å²) in [5.74, 6) is -0.755. The maximum absolute atomic E-state index is 13.0. The number of carbonyl (C=O) groups excluding carboxylic acids is 1. The van der Waals surface area contributed by atoms with Gasteiger partial charge in [-0.2, -0.15) is 4.72 Å². The minimum absolute atomic E-state index is 0.0653. The summed E-state index contributed by atoms with van der Waals surface area (Å²) in [5.41, 5.74) is 0.539. The van der Waals surface area contributed by atoms with Crippen molar-refractivity contribution in [3.05, 3.63) is 46.6 Å². The number of thiophene rings is 1. The van der Waals surface area contributed by atoms with Crippen molar-refractivity contribution in [3.8, 4) is 0 Å². The summed E-state index contributed by atoms with van der Waals surface area (Å²) in [5, 5.41) is 0. The van der Waals surface area contributed by atoms with Crippen LogP contribution in [0.1, 0.15) is 6.42 Å². The third-order valence-electron chi connectivity index (χ3n) is 3.45. The number of benzene rings is 1. The fraction of sp³-hybridized carbons (Fsp3) is 0.214. The fourth-order valence-corrected chi connectivity index (χ4v) is 5.08. The second-order valence-corrected chi connectivity index (χ2v) is 8.64. The van der Waals surface area contributed by atoms with Crippen molar-refractivity contribution in [1.82, 2.24) is 4.72 Å². The second kappa shape index (κ2) is 6.20. The highest BCUT2D eigenvalue weighted by atomic mass is 35.5. The predicted octanol–water partition coefficient (Wildman–Crippen LogP) is 2.62. The van der Waals surface area contributed by atoms with Crippen molar-refractivity contribution >= 4 is 44.6 Å². The number of amides is 1. The lowest BCUT2D eigenvalue weighted by Crippen LogP contribution is -2.41. The Morgan fingerprint density at radius 3 is 2.52 bits per heavy atom. The summed E-state index contributed by atoms with van der Waals surface area (Å²) in [6.45, 7) is 0.364. The van der Waals surface area contributed by atoms with Gasteiger partial charge in [-0.15, -0.1) is 11.3 Å². The molecule has 9 heteroatoms. The van der Waals surface area contributed by atoms with Gasteiger partial charge in [-0.3, -0.25) is 4.79 Å². The molecule has 1 aliphatic heterocycles. The number of anilines is 1. The first kappa shape index (κ1) is 16.4. The molecule has 122 valence electrons. The number of halogens is 2. The first-order chi connectivity index (χ1) is 10.9. The van der Waals surface area contributed by atoms with Gasteiger partial charge >= 0.3 is 0 Å². The van der Waals surface area contributed by atoms with E-state index in [9.17, 15) is 17.6 Å². The molecule has 0 radical (unpaired) electrons. The SMILES string of the molecule is O=C1C(NS(=O)(=O)c2ccc(Cl)s2)CCN1c1ccc(F)cc1. The first-order valence-electron chi connectivity index (χ1n) is 6.71. The van der Waals surface area contributed by atoms with Gasteiger partial charge in [-0.25, -0.2) is 12.8 Å². The molecule has 5 nitrogen and oxygen atoms in total.